The van der Waals surface area contributed by atoms with E-state index in [0.717, 1.165) is 16.7 Å². The zero-order valence-corrected chi connectivity index (χ0v) is 9.77. The van der Waals surface area contributed by atoms with Gasteiger partial charge in [-0.3, -0.25) is 0 Å². The Morgan fingerprint density at radius 3 is 2.20 bits per heavy atom. The van der Waals surface area contributed by atoms with Crippen LogP contribution < -0.4 is 5.73 Å². The standard InChI is InChI=1S/C11H16FNO.ClH/c1-7-3-9(12)4-8(2)11(7)5-10(13)6-14;/h3-4,10,14H,5-6,13H2,1-2H3;1H. The number of benzene rings is 1. The van der Waals surface area contributed by atoms with Crippen LogP contribution >= 0.6 is 12.4 Å². The minimum absolute atomic E-state index is 0. The van der Waals surface area contributed by atoms with Crippen molar-refractivity contribution >= 4 is 12.4 Å². The number of rotatable bonds is 3. The van der Waals surface area contributed by atoms with Crippen LogP contribution in [0.4, 0.5) is 4.39 Å². The molecular formula is C11H17ClFNO. The van der Waals surface area contributed by atoms with Gasteiger partial charge in [-0.15, -0.1) is 12.4 Å². The van der Waals surface area contributed by atoms with E-state index in [1.165, 1.54) is 12.1 Å². The third-order valence-corrected chi connectivity index (χ3v) is 2.36. The summed E-state index contributed by atoms with van der Waals surface area (Å²) in [7, 11) is 0. The largest absolute Gasteiger partial charge is 0.395 e. The van der Waals surface area contributed by atoms with Crippen molar-refractivity contribution in [3.63, 3.8) is 0 Å². The number of aliphatic hydroxyl groups excluding tert-OH is 1. The van der Waals surface area contributed by atoms with Gasteiger partial charge in [0.25, 0.3) is 0 Å². The summed E-state index contributed by atoms with van der Waals surface area (Å²) in [5, 5.41) is 8.83. The first-order chi connectivity index (χ1) is 6.54. The molecule has 0 saturated carbocycles. The molecule has 1 unspecified atom stereocenters. The summed E-state index contributed by atoms with van der Waals surface area (Å²) >= 11 is 0. The van der Waals surface area contributed by atoms with Crippen LogP contribution in [-0.2, 0) is 6.42 Å². The third-order valence-electron chi connectivity index (χ3n) is 2.36. The predicted octanol–water partition coefficient (Wildman–Crippen LogP) is 1.73. The highest BCUT2D eigenvalue weighted by atomic mass is 35.5. The fourth-order valence-corrected chi connectivity index (χ4v) is 1.59. The minimum atomic E-state index is -0.266. The first-order valence-corrected chi connectivity index (χ1v) is 4.66. The third kappa shape index (κ3) is 3.78. The quantitative estimate of drug-likeness (QED) is 0.835. The van der Waals surface area contributed by atoms with Gasteiger partial charge in [-0.05, 0) is 49.1 Å². The molecule has 4 heteroatoms. The van der Waals surface area contributed by atoms with Gasteiger partial charge >= 0.3 is 0 Å². The maximum absolute atomic E-state index is 12.9. The Hall–Kier alpha value is -0.640. The molecule has 1 rings (SSSR count). The minimum Gasteiger partial charge on any atom is -0.395 e. The Kier molecular flexibility index (Phi) is 5.80. The van der Waals surface area contributed by atoms with Crippen LogP contribution in [0.3, 0.4) is 0 Å². The average Bonchev–Trinajstić information content (AvgIpc) is 2.10. The van der Waals surface area contributed by atoms with Crippen LogP contribution in [0.5, 0.6) is 0 Å². The van der Waals surface area contributed by atoms with Crippen molar-refractivity contribution in [2.24, 2.45) is 5.73 Å². The van der Waals surface area contributed by atoms with Crippen molar-refractivity contribution in [2.75, 3.05) is 6.61 Å². The molecule has 0 fully saturated rings. The molecule has 0 aliphatic heterocycles. The van der Waals surface area contributed by atoms with Gasteiger partial charge in [0.15, 0.2) is 0 Å². The lowest BCUT2D eigenvalue weighted by molar-refractivity contribution is 0.265. The summed E-state index contributed by atoms with van der Waals surface area (Å²) in [6.45, 7) is 3.67. The number of halogens is 2. The number of nitrogens with two attached hydrogens (primary N) is 1. The lowest BCUT2D eigenvalue weighted by Gasteiger charge is -2.13. The lowest BCUT2D eigenvalue weighted by atomic mass is 9.97. The van der Waals surface area contributed by atoms with Gasteiger partial charge in [0.2, 0.25) is 0 Å². The summed E-state index contributed by atoms with van der Waals surface area (Å²) in [6, 6.07) is 2.72. The number of aliphatic hydroxyl groups is 1. The van der Waals surface area contributed by atoms with Gasteiger partial charge in [0, 0.05) is 6.04 Å². The predicted molar refractivity (Wildman–Crippen MR) is 61.9 cm³/mol. The van der Waals surface area contributed by atoms with Crippen molar-refractivity contribution in [3.05, 3.63) is 34.6 Å². The second kappa shape index (κ2) is 6.05. The van der Waals surface area contributed by atoms with E-state index < -0.39 is 0 Å². The average molecular weight is 234 g/mol. The summed E-state index contributed by atoms with van der Waals surface area (Å²) in [5.41, 5.74) is 8.46. The van der Waals surface area contributed by atoms with Gasteiger partial charge in [0.1, 0.15) is 5.82 Å². The van der Waals surface area contributed by atoms with Gasteiger partial charge < -0.3 is 10.8 Å². The molecule has 1 aromatic carbocycles. The summed E-state index contributed by atoms with van der Waals surface area (Å²) in [5.74, 6) is -0.221. The first-order valence-electron chi connectivity index (χ1n) is 4.66. The van der Waals surface area contributed by atoms with Gasteiger partial charge in [-0.1, -0.05) is 0 Å². The highest BCUT2D eigenvalue weighted by molar-refractivity contribution is 5.85. The molecule has 0 heterocycles. The first kappa shape index (κ1) is 14.4. The fourth-order valence-electron chi connectivity index (χ4n) is 1.59. The van der Waals surface area contributed by atoms with E-state index in [1.807, 2.05) is 13.8 Å². The smallest absolute Gasteiger partial charge is 0.123 e. The lowest BCUT2D eigenvalue weighted by Crippen LogP contribution is -2.27. The summed E-state index contributed by atoms with van der Waals surface area (Å²) in [6.07, 6.45) is 0.592. The molecule has 1 atom stereocenters. The zero-order valence-electron chi connectivity index (χ0n) is 8.96. The van der Waals surface area contributed by atoms with Crippen molar-refractivity contribution < 1.29 is 9.50 Å². The molecule has 0 saturated heterocycles. The van der Waals surface area contributed by atoms with Crippen LogP contribution in [0.15, 0.2) is 12.1 Å². The molecule has 0 bridgehead atoms. The highest BCUT2D eigenvalue weighted by Crippen LogP contribution is 2.17. The SMILES string of the molecule is Cc1cc(F)cc(C)c1CC(N)CO.Cl. The molecule has 15 heavy (non-hydrogen) atoms. The Labute approximate surface area is 95.7 Å². The van der Waals surface area contributed by atoms with Crippen LogP contribution in [-0.4, -0.2) is 17.8 Å². The summed E-state index contributed by atoms with van der Waals surface area (Å²) < 4.78 is 12.9. The van der Waals surface area contributed by atoms with Crippen LogP contribution in [0.2, 0.25) is 0 Å². The van der Waals surface area contributed by atoms with E-state index in [4.69, 9.17) is 10.8 Å². The topological polar surface area (TPSA) is 46.2 Å². The summed E-state index contributed by atoms with van der Waals surface area (Å²) in [4.78, 5) is 0. The Balaban J connectivity index is 0.00000196. The number of hydrogen-bond donors (Lipinski definition) is 2. The molecular weight excluding hydrogens is 217 g/mol. The number of hydrogen-bond acceptors (Lipinski definition) is 2. The van der Waals surface area contributed by atoms with Gasteiger partial charge in [-0.2, -0.15) is 0 Å². The van der Waals surface area contributed by atoms with E-state index in [1.54, 1.807) is 0 Å². The molecule has 1 aromatic rings. The van der Waals surface area contributed by atoms with E-state index in [0.29, 0.717) is 6.42 Å². The van der Waals surface area contributed by atoms with Crippen LogP contribution in [0, 0.1) is 19.7 Å². The van der Waals surface area contributed by atoms with Gasteiger partial charge in [-0.25, -0.2) is 4.39 Å². The van der Waals surface area contributed by atoms with Crippen molar-refractivity contribution in [2.45, 2.75) is 26.3 Å². The normalized spacial score (nSPS) is 12.1. The van der Waals surface area contributed by atoms with E-state index in [-0.39, 0.29) is 30.9 Å². The van der Waals surface area contributed by atoms with E-state index in [2.05, 4.69) is 0 Å². The Bertz CT molecular complexity index is 307. The molecule has 0 spiro atoms. The molecule has 2 nitrogen and oxygen atoms in total. The van der Waals surface area contributed by atoms with E-state index >= 15 is 0 Å². The Morgan fingerprint density at radius 1 is 1.33 bits per heavy atom. The molecule has 3 N–H and O–H groups in total. The monoisotopic (exact) mass is 233 g/mol. The Morgan fingerprint density at radius 2 is 1.80 bits per heavy atom. The van der Waals surface area contributed by atoms with Crippen LogP contribution in [0.25, 0.3) is 0 Å². The molecule has 0 radical (unpaired) electrons. The van der Waals surface area contributed by atoms with Crippen LogP contribution in [0.1, 0.15) is 16.7 Å². The molecule has 0 amide bonds. The van der Waals surface area contributed by atoms with E-state index in [9.17, 15) is 4.39 Å². The molecule has 0 aromatic heterocycles. The highest BCUT2D eigenvalue weighted by Gasteiger charge is 2.09. The van der Waals surface area contributed by atoms with Crippen molar-refractivity contribution in [1.29, 1.82) is 0 Å². The maximum atomic E-state index is 12.9. The van der Waals surface area contributed by atoms with Crippen molar-refractivity contribution in [1.82, 2.24) is 0 Å². The second-order valence-corrected chi connectivity index (χ2v) is 3.66. The molecule has 0 aliphatic carbocycles. The molecule has 86 valence electrons. The number of aryl methyl sites for hydroxylation is 2. The second-order valence-electron chi connectivity index (χ2n) is 3.66. The fraction of sp³-hybridized carbons (Fsp3) is 0.455. The zero-order chi connectivity index (χ0) is 10.7. The van der Waals surface area contributed by atoms with Gasteiger partial charge in [0.05, 0.1) is 6.61 Å². The van der Waals surface area contributed by atoms with Crippen molar-refractivity contribution in [3.8, 4) is 0 Å². The maximum Gasteiger partial charge on any atom is 0.123 e. The molecule has 0 aliphatic rings.